The second-order valence-electron chi connectivity index (χ2n) is 9.32. The molecule has 3 atom stereocenters. The van der Waals surface area contributed by atoms with Crippen molar-refractivity contribution in [3.8, 4) is 0 Å². The largest absolute Gasteiger partial charge is 0.371 e. The quantitative estimate of drug-likeness (QED) is 0.659. The number of primary amides is 1. The highest BCUT2D eigenvalue weighted by atomic mass is 79.9. The number of nitrogens with two attached hydrogens (primary N) is 1. The predicted molar refractivity (Wildman–Crippen MR) is 121 cm³/mol. The molecule has 0 radical (unpaired) electrons. The van der Waals surface area contributed by atoms with Gasteiger partial charge in [-0.05, 0) is 66.5 Å². The van der Waals surface area contributed by atoms with Crippen LogP contribution in [0.15, 0.2) is 53.0 Å². The molecule has 3 unspecified atom stereocenters. The third kappa shape index (κ3) is 2.82. The van der Waals surface area contributed by atoms with Gasteiger partial charge >= 0.3 is 0 Å². The Morgan fingerprint density at radius 3 is 2.47 bits per heavy atom. The zero-order valence-corrected chi connectivity index (χ0v) is 18.9. The lowest BCUT2D eigenvalue weighted by molar-refractivity contribution is -0.175. The SMILES string of the molecule is CCC1(c2cccc(C(N)=O)c2)C2CN(C(O)(c3cccc(Br)c3)C3CCC3)CC21. The summed E-state index contributed by atoms with van der Waals surface area (Å²) in [5, 5.41) is 12.0. The predicted octanol–water partition coefficient (Wildman–Crippen LogP) is 4.40. The van der Waals surface area contributed by atoms with E-state index < -0.39 is 5.72 Å². The minimum atomic E-state index is -0.899. The first-order valence-corrected chi connectivity index (χ1v) is 11.8. The molecule has 2 aromatic rings. The Hall–Kier alpha value is -1.69. The third-order valence-electron chi connectivity index (χ3n) is 8.21. The molecule has 0 aromatic heterocycles. The van der Waals surface area contributed by atoms with Crippen molar-refractivity contribution in [3.63, 3.8) is 0 Å². The van der Waals surface area contributed by atoms with E-state index in [4.69, 9.17) is 5.73 Å². The monoisotopic (exact) mass is 468 g/mol. The lowest BCUT2D eigenvalue weighted by Crippen LogP contribution is -2.54. The number of hydrogen-bond donors (Lipinski definition) is 2. The van der Waals surface area contributed by atoms with E-state index in [-0.39, 0.29) is 11.3 Å². The molecule has 5 rings (SSSR count). The molecule has 3 aliphatic rings. The number of carbonyl (C=O) groups excluding carboxylic acids is 1. The van der Waals surface area contributed by atoms with E-state index in [9.17, 15) is 9.90 Å². The molecular formula is C25H29BrN2O2. The van der Waals surface area contributed by atoms with Gasteiger partial charge in [0.2, 0.25) is 5.91 Å². The van der Waals surface area contributed by atoms with Crippen molar-refractivity contribution < 1.29 is 9.90 Å². The molecule has 30 heavy (non-hydrogen) atoms. The zero-order chi connectivity index (χ0) is 21.1. The molecule has 5 heteroatoms. The van der Waals surface area contributed by atoms with Crippen molar-refractivity contribution in [1.82, 2.24) is 4.90 Å². The maximum atomic E-state index is 12.0. The molecule has 0 spiro atoms. The van der Waals surface area contributed by atoms with Crippen molar-refractivity contribution in [1.29, 1.82) is 0 Å². The maximum absolute atomic E-state index is 12.0. The molecule has 4 nitrogen and oxygen atoms in total. The topological polar surface area (TPSA) is 66.6 Å². The van der Waals surface area contributed by atoms with E-state index in [1.54, 1.807) is 6.07 Å². The smallest absolute Gasteiger partial charge is 0.248 e. The van der Waals surface area contributed by atoms with Gasteiger partial charge < -0.3 is 10.8 Å². The van der Waals surface area contributed by atoms with Crippen LogP contribution in [0.3, 0.4) is 0 Å². The van der Waals surface area contributed by atoms with Crippen LogP contribution in [-0.2, 0) is 11.1 Å². The lowest BCUT2D eigenvalue weighted by atomic mass is 9.73. The molecule has 1 heterocycles. The van der Waals surface area contributed by atoms with Crippen LogP contribution in [0.2, 0.25) is 0 Å². The Morgan fingerprint density at radius 2 is 1.90 bits per heavy atom. The summed E-state index contributed by atoms with van der Waals surface area (Å²) < 4.78 is 1.01. The minimum Gasteiger partial charge on any atom is -0.371 e. The molecule has 2 aromatic carbocycles. The highest BCUT2D eigenvalue weighted by molar-refractivity contribution is 9.10. The van der Waals surface area contributed by atoms with Gasteiger partial charge in [-0.15, -0.1) is 0 Å². The van der Waals surface area contributed by atoms with Gasteiger partial charge in [0.1, 0.15) is 5.72 Å². The van der Waals surface area contributed by atoms with Crippen LogP contribution in [-0.4, -0.2) is 29.0 Å². The molecule has 3 N–H and O–H groups in total. The van der Waals surface area contributed by atoms with Gasteiger partial charge in [0, 0.05) is 34.5 Å². The van der Waals surface area contributed by atoms with Crippen LogP contribution in [0.5, 0.6) is 0 Å². The highest BCUT2D eigenvalue weighted by Gasteiger charge is 2.69. The summed E-state index contributed by atoms with van der Waals surface area (Å²) >= 11 is 3.58. The Bertz CT molecular complexity index is 977. The van der Waals surface area contributed by atoms with Crippen molar-refractivity contribution in [3.05, 3.63) is 69.7 Å². The van der Waals surface area contributed by atoms with E-state index in [0.29, 0.717) is 23.3 Å². The van der Waals surface area contributed by atoms with Crippen LogP contribution < -0.4 is 5.73 Å². The molecule has 2 saturated carbocycles. The number of fused-ring (bicyclic) bond motifs is 1. The Balaban J connectivity index is 1.44. The van der Waals surface area contributed by atoms with E-state index >= 15 is 0 Å². The summed E-state index contributed by atoms with van der Waals surface area (Å²) in [6.45, 7) is 4.02. The van der Waals surface area contributed by atoms with Gasteiger partial charge in [0.15, 0.2) is 0 Å². The van der Waals surface area contributed by atoms with Gasteiger partial charge in [-0.2, -0.15) is 0 Å². The van der Waals surface area contributed by atoms with Crippen LogP contribution in [0.25, 0.3) is 0 Å². The average Bonchev–Trinajstić information content (AvgIpc) is 3.07. The second kappa shape index (κ2) is 7.18. The number of halogens is 1. The van der Waals surface area contributed by atoms with E-state index in [1.807, 2.05) is 24.3 Å². The standard InChI is InChI=1S/C25H29BrN2O2/c1-2-24(18-9-3-6-16(12-18)23(27)29)21-14-28(15-22(21)24)25(30,17-7-4-8-17)19-10-5-11-20(26)13-19/h3,5-6,9-13,17,21-22,30H,2,4,7-8,14-15H2,1H3,(H2,27,29). The number of amides is 1. The zero-order valence-electron chi connectivity index (χ0n) is 17.4. The average molecular weight is 469 g/mol. The lowest BCUT2D eigenvalue weighted by Gasteiger charge is -2.48. The fourth-order valence-electron chi connectivity index (χ4n) is 6.34. The summed E-state index contributed by atoms with van der Waals surface area (Å²) in [5.41, 5.74) is 7.54. The van der Waals surface area contributed by atoms with Crippen molar-refractivity contribution in [2.45, 2.75) is 43.7 Å². The summed E-state index contributed by atoms with van der Waals surface area (Å²) in [7, 11) is 0. The van der Waals surface area contributed by atoms with Gasteiger partial charge in [-0.1, -0.05) is 53.5 Å². The fourth-order valence-corrected chi connectivity index (χ4v) is 6.74. The normalized spacial score (nSPS) is 30.4. The van der Waals surface area contributed by atoms with Gasteiger partial charge in [-0.3, -0.25) is 9.69 Å². The number of nitrogens with zero attached hydrogens (tertiary/aromatic N) is 1. The van der Waals surface area contributed by atoms with E-state index in [2.05, 4.69) is 46.0 Å². The maximum Gasteiger partial charge on any atom is 0.248 e. The second-order valence-corrected chi connectivity index (χ2v) is 10.2. The summed E-state index contributed by atoms with van der Waals surface area (Å²) in [5.74, 6) is 0.928. The molecule has 158 valence electrons. The number of likely N-dealkylation sites (tertiary alicyclic amines) is 1. The number of piperidine rings is 1. The van der Waals surface area contributed by atoms with Crippen LogP contribution in [0, 0.1) is 17.8 Å². The Labute approximate surface area is 186 Å². The first-order valence-electron chi connectivity index (χ1n) is 11.0. The minimum absolute atomic E-state index is 0.0970. The van der Waals surface area contributed by atoms with Gasteiger partial charge in [0.05, 0.1) is 0 Å². The van der Waals surface area contributed by atoms with E-state index in [1.165, 1.54) is 12.0 Å². The van der Waals surface area contributed by atoms with Crippen molar-refractivity contribution in [2.24, 2.45) is 23.5 Å². The van der Waals surface area contributed by atoms with Crippen LogP contribution >= 0.6 is 15.9 Å². The van der Waals surface area contributed by atoms with Gasteiger partial charge in [-0.25, -0.2) is 0 Å². The van der Waals surface area contributed by atoms with Crippen LogP contribution in [0.4, 0.5) is 0 Å². The number of hydrogen-bond acceptors (Lipinski definition) is 3. The number of aliphatic hydroxyl groups is 1. The number of rotatable bonds is 6. The molecule has 1 aliphatic heterocycles. The molecule has 0 bridgehead atoms. The third-order valence-corrected chi connectivity index (χ3v) is 8.70. The van der Waals surface area contributed by atoms with Crippen molar-refractivity contribution >= 4 is 21.8 Å². The number of benzene rings is 2. The molecular weight excluding hydrogens is 440 g/mol. The van der Waals surface area contributed by atoms with Gasteiger partial charge in [0.25, 0.3) is 0 Å². The first kappa shape index (κ1) is 20.2. The summed E-state index contributed by atoms with van der Waals surface area (Å²) in [6, 6.07) is 16.0. The Morgan fingerprint density at radius 1 is 1.20 bits per heavy atom. The number of carbonyl (C=O) groups is 1. The Kier molecular flexibility index (Phi) is 4.84. The molecule has 3 fully saturated rings. The van der Waals surface area contributed by atoms with Crippen LogP contribution in [0.1, 0.15) is 54.1 Å². The fraction of sp³-hybridized carbons (Fsp3) is 0.480. The summed E-state index contributed by atoms with van der Waals surface area (Å²) in [6.07, 6.45) is 4.39. The molecule has 1 amide bonds. The summed E-state index contributed by atoms with van der Waals surface area (Å²) in [4.78, 5) is 14.0. The molecule has 2 aliphatic carbocycles. The van der Waals surface area contributed by atoms with Crippen molar-refractivity contribution in [2.75, 3.05) is 13.1 Å². The highest BCUT2D eigenvalue weighted by Crippen LogP contribution is 2.67. The van der Waals surface area contributed by atoms with E-state index in [0.717, 1.165) is 42.4 Å². The first-order chi connectivity index (χ1) is 14.4. The molecule has 1 saturated heterocycles.